The Balaban J connectivity index is 2.85. The third-order valence-electron chi connectivity index (χ3n) is 2.92. The van der Waals surface area contributed by atoms with Gasteiger partial charge in [0.25, 0.3) is 5.69 Å². The normalized spacial score (nSPS) is 10.0. The fraction of sp³-hybridized carbons (Fsp3) is 0.385. The van der Waals surface area contributed by atoms with Gasteiger partial charge in [-0.1, -0.05) is 12.1 Å². The van der Waals surface area contributed by atoms with Crippen molar-refractivity contribution < 1.29 is 19.6 Å². The summed E-state index contributed by atoms with van der Waals surface area (Å²) in [5.41, 5.74) is 0.205. The summed E-state index contributed by atoms with van der Waals surface area (Å²) in [4.78, 5) is 35.7. The minimum absolute atomic E-state index is 0.103. The maximum atomic E-state index is 12.0. The van der Waals surface area contributed by atoms with E-state index in [0.717, 1.165) is 0 Å². The van der Waals surface area contributed by atoms with Crippen molar-refractivity contribution in [1.82, 2.24) is 4.90 Å². The molecule has 8 heteroatoms. The van der Waals surface area contributed by atoms with Crippen LogP contribution in [0.15, 0.2) is 24.3 Å². The second-order valence-corrected chi connectivity index (χ2v) is 4.40. The summed E-state index contributed by atoms with van der Waals surface area (Å²) in [6, 6.07) is 6.07. The predicted octanol–water partition coefficient (Wildman–Crippen LogP) is 0.964. The lowest BCUT2D eigenvalue weighted by atomic mass is 10.2. The number of nitrogens with zero attached hydrogens (tertiary/aromatic N) is 3. The third-order valence-corrected chi connectivity index (χ3v) is 2.92. The predicted molar refractivity (Wildman–Crippen MR) is 76.3 cm³/mol. The number of benzene rings is 1. The Morgan fingerprint density at radius 2 is 1.90 bits per heavy atom. The van der Waals surface area contributed by atoms with Gasteiger partial charge in [-0.3, -0.25) is 19.7 Å². The maximum Gasteiger partial charge on any atom is 0.323 e. The van der Waals surface area contributed by atoms with E-state index in [1.54, 1.807) is 32.2 Å². The molecule has 0 saturated carbocycles. The molecule has 0 aromatic heterocycles. The number of anilines is 1. The number of aliphatic carboxylic acids is 1. The Labute approximate surface area is 121 Å². The van der Waals surface area contributed by atoms with Crippen LogP contribution in [-0.2, 0) is 9.59 Å². The molecule has 0 saturated heterocycles. The van der Waals surface area contributed by atoms with E-state index in [4.69, 9.17) is 5.11 Å². The fourth-order valence-corrected chi connectivity index (χ4v) is 1.87. The van der Waals surface area contributed by atoms with Gasteiger partial charge in [-0.2, -0.15) is 0 Å². The number of nitro benzene ring substituents is 1. The molecule has 0 atom stereocenters. The summed E-state index contributed by atoms with van der Waals surface area (Å²) in [6.45, 7) is 1.41. The number of hydrogen-bond donors (Lipinski definition) is 1. The van der Waals surface area contributed by atoms with Crippen LogP contribution in [0.1, 0.15) is 6.92 Å². The number of carbonyl (C=O) groups is 2. The van der Waals surface area contributed by atoms with Crippen molar-refractivity contribution in [3.05, 3.63) is 34.4 Å². The minimum Gasteiger partial charge on any atom is -0.480 e. The first-order chi connectivity index (χ1) is 9.86. The van der Waals surface area contributed by atoms with Gasteiger partial charge < -0.3 is 14.9 Å². The Morgan fingerprint density at radius 3 is 2.43 bits per heavy atom. The number of rotatable bonds is 7. The highest BCUT2D eigenvalue weighted by atomic mass is 16.6. The minimum atomic E-state index is -1.10. The van der Waals surface area contributed by atoms with Crippen LogP contribution < -0.4 is 4.90 Å². The van der Waals surface area contributed by atoms with E-state index in [1.165, 1.54) is 15.9 Å². The zero-order valence-electron chi connectivity index (χ0n) is 11.9. The standard InChI is InChI=1S/C13H17N3O5/c1-3-15(9-13(18)19)12(17)8-14(2)10-6-4-5-7-11(10)16(20)21/h4-7H,3,8-9H2,1-2H3,(H,18,19). The number of carboxylic acid groups (broad SMARTS) is 1. The Hall–Kier alpha value is -2.64. The second-order valence-electron chi connectivity index (χ2n) is 4.40. The Morgan fingerprint density at radius 1 is 1.29 bits per heavy atom. The molecule has 0 aliphatic carbocycles. The molecule has 1 N–H and O–H groups in total. The quantitative estimate of drug-likeness (QED) is 0.593. The molecule has 1 aromatic carbocycles. The average Bonchev–Trinajstić information content (AvgIpc) is 2.44. The second kappa shape index (κ2) is 7.22. The molecule has 0 aliphatic heterocycles. The summed E-state index contributed by atoms with van der Waals surface area (Å²) in [7, 11) is 1.55. The molecule has 0 radical (unpaired) electrons. The molecular weight excluding hydrogens is 278 g/mol. The zero-order chi connectivity index (χ0) is 16.0. The molecule has 1 rings (SSSR count). The van der Waals surface area contributed by atoms with Gasteiger partial charge >= 0.3 is 5.97 Å². The van der Waals surface area contributed by atoms with Crippen LogP contribution in [0, 0.1) is 10.1 Å². The highest BCUT2D eigenvalue weighted by Crippen LogP contribution is 2.26. The van der Waals surface area contributed by atoms with Gasteiger partial charge in [0.1, 0.15) is 12.2 Å². The van der Waals surface area contributed by atoms with Crippen molar-refractivity contribution in [3.8, 4) is 0 Å². The van der Waals surface area contributed by atoms with E-state index in [-0.39, 0.29) is 25.3 Å². The third kappa shape index (κ3) is 4.44. The Kier molecular flexibility index (Phi) is 5.65. The van der Waals surface area contributed by atoms with Gasteiger partial charge in [0.2, 0.25) is 5.91 Å². The van der Waals surface area contributed by atoms with Crippen molar-refractivity contribution in [1.29, 1.82) is 0 Å². The topological polar surface area (TPSA) is 104 Å². The first-order valence-electron chi connectivity index (χ1n) is 6.31. The summed E-state index contributed by atoms with van der Waals surface area (Å²) in [5.74, 6) is -1.50. The van der Waals surface area contributed by atoms with E-state index < -0.39 is 16.8 Å². The molecule has 0 fully saturated rings. The van der Waals surface area contributed by atoms with Gasteiger partial charge in [0.15, 0.2) is 0 Å². The smallest absolute Gasteiger partial charge is 0.323 e. The van der Waals surface area contributed by atoms with E-state index in [2.05, 4.69) is 0 Å². The SMILES string of the molecule is CCN(CC(=O)O)C(=O)CN(C)c1ccccc1[N+](=O)[O-]. The molecular formula is C13H17N3O5. The van der Waals surface area contributed by atoms with Crippen molar-refractivity contribution in [2.24, 2.45) is 0 Å². The molecule has 0 heterocycles. The van der Waals surface area contributed by atoms with Crippen LogP contribution in [0.3, 0.4) is 0 Å². The number of likely N-dealkylation sites (N-methyl/N-ethyl adjacent to an activating group) is 2. The largest absolute Gasteiger partial charge is 0.480 e. The molecule has 0 spiro atoms. The molecule has 1 aromatic rings. The number of carboxylic acids is 1. The molecule has 0 bridgehead atoms. The molecule has 21 heavy (non-hydrogen) atoms. The van der Waals surface area contributed by atoms with Crippen LogP contribution in [0.4, 0.5) is 11.4 Å². The average molecular weight is 295 g/mol. The molecule has 8 nitrogen and oxygen atoms in total. The first-order valence-corrected chi connectivity index (χ1v) is 6.31. The molecule has 114 valence electrons. The van der Waals surface area contributed by atoms with E-state index >= 15 is 0 Å². The highest BCUT2D eigenvalue weighted by Gasteiger charge is 2.21. The first kappa shape index (κ1) is 16.4. The lowest BCUT2D eigenvalue weighted by Gasteiger charge is -2.24. The van der Waals surface area contributed by atoms with Crippen LogP contribution in [-0.4, -0.2) is 53.5 Å². The lowest BCUT2D eigenvalue weighted by molar-refractivity contribution is -0.384. The number of nitro groups is 1. The summed E-state index contributed by atoms with van der Waals surface area (Å²) < 4.78 is 0. The van der Waals surface area contributed by atoms with Crippen LogP contribution >= 0.6 is 0 Å². The maximum absolute atomic E-state index is 12.0. The van der Waals surface area contributed by atoms with Crippen LogP contribution in [0.2, 0.25) is 0 Å². The van der Waals surface area contributed by atoms with Gasteiger partial charge in [-0.15, -0.1) is 0 Å². The summed E-state index contributed by atoms with van der Waals surface area (Å²) in [5, 5.41) is 19.7. The van der Waals surface area contributed by atoms with Gasteiger partial charge in [0.05, 0.1) is 11.5 Å². The van der Waals surface area contributed by atoms with E-state index in [0.29, 0.717) is 5.69 Å². The summed E-state index contributed by atoms with van der Waals surface area (Å²) in [6.07, 6.45) is 0. The number of carbonyl (C=O) groups excluding carboxylic acids is 1. The number of hydrogen-bond acceptors (Lipinski definition) is 5. The monoisotopic (exact) mass is 295 g/mol. The van der Waals surface area contributed by atoms with Gasteiger partial charge in [-0.25, -0.2) is 0 Å². The van der Waals surface area contributed by atoms with E-state index in [1.807, 2.05) is 0 Å². The zero-order valence-corrected chi connectivity index (χ0v) is 11.9. The van der Waals surface area contributed by atoms with Crippen molar-refractivity contribution >= 4 is 23.3 Å². The van der Waals surface area contributed by atoms with Crippen molar-refractivity contribution in [2.75, 3.05) is 31.6 Å². The van der Waals surface area contributed by atoms with Gasteiger partial charge in [0, 0.05) is 19.7 Å². The number of amides is 1. The van der Waals surface area contributed by atoms with Gasteiger partial charge in [-0.05, 0) is 13.0 Å². The lowest BCUT2D eigenvalue weighted by Crippen LogP contribution is -2.41. The number of para-hydroxylation sites is 2. The fourth-order valence-electron chi connectivity index (χ4n) is 1.87. The van der Waals surface area contributed by atoms with Crippen LogP contribution in [0.25, 0.3) is 0 Å². The van der Waals surface area contributed by atoms with E-state index in [9.17, 15) is 19.7 Å². The van der Waals surface area contributed by atoms with Crippen molar-refractivity contribution in [3.63, 3.8) is 0 Å². The van der Waals surface area contributed by atoms with Crippen LogP contribution in [0.5, 0.6) is 0 Å². The Bertz CT molecular complexity index is 546. The highest BCUT2D eigenvalue weighted by molar-refractivity contribution is 5.85. The van der Waals surface area contributed by atoms with Crippen molar-refractivity contribution in [2.45, 2.75) is 6.92 Å². The molecule has 0 aliphatic rings. The summed E-state index contributed by atoms with van der Waals surface area (Å²) >= 11 is 0. The molecule has 1 amide bonds. The molecule has 0 unspecified atom stereocenters.